The number of alkyl halides is 1. The van der Waals surface area contributed by atoms with Gasteiger partial charge in [-0.2, -0.15) is 5.10 Å². The van der Waals surface area contributed by atoms with Crippen molar-refractivity contribution in [3.63, 3.8) is 0 Å². The molecule has 7 aromatic heterocycles. The lowest BCUT2D eigenvalue weighted by molar-refractivity contribution is 0.0512. The molecule has 0 aliphatic rings. The maximum absolute atomic E-state index is 12.9. The Kier molecular flexibility index (Phi) is 21.2. The molecule has 0 saturated carbocycles. The summed E-state index contributed by atoms with van der Waals surface area (Å²) in [6, 6.07) is 25.1. The highest BCUT2D eigenvalue weighted by Gasteiger charge is 2.20. The highest BCUT2D eigenvalue weighted by molar-refractivity contribution is 6.31. The number of benzene rings is 3. The van der Waals surface area contributed by atoms with Crippen LogP contribution in [0.3, 0.4) is 0 Å². The number of nitrogens with zero attached hydrogens (tertiary/aromatic N) is 9. The number of hydrogen-bond acceptors (Lipinski definition) is 16. The molecule has 0 unspecified atom stereocenters. The number of nitrogens with two attached hydrogens (primary N) is 1. The fraction of sp³-hybridized carbons (Fsp3) is 0.228. The number of H-pyrrole nitrogens is 1. The van der Waals surface area contributed by atoms with Crippen LogP contribution in [-0.4, -0.2) is 102 Å². The van der Waals surface area contributed by atoms with Gasteiger partial charge in [0.25, 0.3) is 5.91 Å². The number of aromatic nitrogens is 10. The number of hydrogen-bond donors (Lipinski definition) is 3. The minimum absolute atomic E-state index is 0.249. The van der Waals surface area contributed by atoms with E-state index in [0.717, 1.165) is 66.2 Å². The third kappa shape index (κ3) is 16.1. The minimum Gasteiger partial charge on any atom is -0.481 e. The molecule has 0 aliphatic carbocycles. The second-order valence-corrected chi connectivity index (χ2v) is 19.1. The number of amides is 1. The third-order valence-electron chi connectivity index (χ3n) is 11.9. The summed E-state index contributed by atoms with van der Waals surface area (Å²) in [6.45, 7) is 9.22. The number of nitrogen functional groups attached to an aromatic ring is 1. The lowest BCUT2D eigenvalue weighted by Crippen LogP contribution is -2.24. The summed E-state index contributed by atoms with van der Waals surface area (Å²) in [5.74, 6) is 0.660. The lowest BCUT2D eigenvalue weighted by Gasteiger charge is -2.11. The largest absolute Gasteiger partial charge is 0.481 e. The first-order valence-corrected chi connectivity index (χ1v) is 26.5. The number of halogens is 4. The molecule has 24 heteroatoms. The number of anilines is 1. The van der Waals surface area contributed by atoms with E-state index in [2.05, 4.69) is 45.6 Å². The van der Waals surface area contributed by atoms with Crippen molar-refractivity contribution < 1.29 is 38.1 Å². The van der Waals surface area contributed by atoms with Gasteiger partial charge in [-0.05, 0) is 116 Å². The summed E-state index contributed by atoms with van der Waals surface area (Å²) >= 11 is 23.6. The van der Waals surface area contributed by atoms with Gasteiger partial charge in [0.2, 0.25) is 17.6 Å². The van der Waals surface area contributed by atoms with Crippen LogP contribution in [0.1, 0.15) is 78.4 Å². The summed E-state index contributed by atoms with van der Waals surface area (Å²) in [7, 11) is 4.42. The van der Waals surface area contributed by atoms with Crippen molar-refractivity contribution in [2.75, 3.05) is 40.3 Å². The van der Waals surface area contributed by atoms with E-state index in [1.807, 2.05) is 86.6 Å². The van der Waals surface area contributed by atoms with Gasteiger partial charge in [-0.25, -0.2) is 19.7 Å². The molecule has 20 nitrogen and oxygen atoms in total. The van der Waals surface area contributed by atoms with E-state index in [9.17, 15) is 14.4 Å². The van der Waals surface area contributed by atoms with Gasteiger partial charge in [0.1, 0.15) is 22.5 Å². The van der Waals surface area contributed by atoms with E-state index in [0.29, 0.717) is 82.2 Å². The standard InChI is InChI=1S/C23H23ClN6O2.C17H16ClN3O3.C10H7Cl2N.C7H10N2O3/c1-13-6-21(25)28-14(2)18(13)10-27-22(31)19-12-30(29-23(19)32-3)11-15-4-5-20-16(7-15)8-17(24)9-26-20;1-3-24-17(22)14-10-21(20-16(14)23-2)9-11-4-5-15-12(6-11)7-13(18)8-19-15;11-5-7-1-2-10-8(3-7)4-9(12)6-13-10;1-3-12-7(10)5-4-8-9-6(5)11-2/h4-9,12H,10-11H2,1-3H3,(H2,25,28)(H,27,31);4-8,10H,3,9H2,1-2H3;1-4,6H,5H2;4H,3H2,1-2H3,(H,8,9). The van der Waals surface area contributed by atoms with Crippen molar-refractivity contribution in [2.45, 2.75) is 53.2 Å². The zero-order valence-electron chi connectivity index (χ0n) is 45.1. The molecule has 3 aromatic carbocycles. The molecule has 0 spiro atoms. The number of ether oxygens (including phenoxy) is 5. The molecule has 0 fully saturated rings. The Labute approximate surface area is 485 Å². The van der Waals surface area contributed by atoms with Crippen molar-refractivity contribution in [3.8, 4) is 17.6 Å². The van der Waals surface area contributed by atoms with Gasteiger partial charge in [0, 0.05) is 65.3 Å². The van der Waals surface area contributed by atoms with Crippen molar-refractivity contribution in [1.82, 2.24) is 55.0 Å². The Morgan fingerprint density at radius 3 is 1.56 bits per heavy atom. The van der Waals surface area contributed by atoms with Gasteiger partial charge in [0.15, 0.2) is 0 Å². The highest BCUT2D eigenvalue weighted by Crippen LogP contribution is 2.25. The average molecular weight is 1180 g/mol. The maximum atomic E-state index is 12.9. The van der Waals surface area contributed by atoms with Crippen LogP contribution in [0.15, 0.2) is 116 Å². The van der Waals surface area contributed by atoms with Crippen LogP contribution in [0.25, 0.3) is 32.7 Å². The number of fused-ring (bicyclic) bond motifs is 3. The molecular weight excluding hydrogens is 1120 g/mol. The molecule has 7 heterocycles. The number of nitrogens with one attached hydrogen (secondary N) is 2. The normalized spacial score (nSPS) is 10.7. The van der Waals surface area contributed by atoms with Crippen molar-refractivity contribution in [1.29, 1.82) is 0 Å². The van der Waals surface area contributed by atoms with Crippen LogP contribution >= 0.6 is 46.4 Å². The van der Waals surface area contributed by atoms with Crippen molar-refractivity contribution in [3.05, 3.63) is 181 Å². The fourth-order valence-electron chi connectivity index (χ4n) is 8.10. The van der Waals surface area contributed by atoms with Crippen LogP contribution in [-0.2, 0) is 35.0 Å². The van der Waals surface area contributed by atoms with Crippen LogP contribution in [0.4, 0.5) is 5.82 Å². The molecule has 0 saturated heterocycles. The van der Waals surface area contributed by atoms with E-state index >= 15 is 0 Å². The number of esters is 2. The van der Waals surface area contributed by atoms with Gasteiger partial charge < -0.3 is 34.7 Å². The number of rotatable bonds is 15. The van der Waals surface area contributed by atoms with Gasteiger partial charge in [-0.1, -0.05) is 53.0 Å². The van der Waals surface area contributed by atoms with E-state index in [4.69, 9.17) is 75.8 Å². The topological polar surface area (TPSA) is 251 Å². The molecule has 81 heavy (non-hydrogen) atoms. The van der Waals surface area contributed by atoms with Crippen molar-refractivity contribution in [2.24, 2.45) is 0 Å². The Balaban J connectivity index is 0.000000169. The molecule has 0 bridgehead atoms. The summed E-state index contributed by atoms with van der Waals surface area (Å²) in [6.07, 6.45) is 9.55. The first-order valence-electron chi connectivity index (χ1n) is 24.9. The Morgan fingerprint density at radius 1 is 0.617 bits per heavy atom. The Morgan fingerprint density at radius 2 is 1.09 bits per heavy atom. The second kappa shape index (κ2) is 28.5. The lowest BCUT2D eigenvalue weighted by atomic mass is 10.1. The van der Waals surface area contributed by atoms with Crippen LogP contribution in [0.5, 0.6) is 17.6 Å². The predicted molar refractivity (Wildman–Crippen MR) is 312 cm³/mol. The molecule has 1 amide bonds. The zero-order chi connectivity index (χ0) is 58.2. The van der Waals surface area contributed by atoms with Gasteiger partial charge >= 0.3 is 11.9 Å². The first kappa shape index (κ1) is 60.1. The van der Waals surface area contributed by atoms with Crippen LogP contribution in [0.2, 0.25) is 15.1 Å². The number of carbonyl (C=O) groups is 3. The molecule has 4 N–H and O–H groups in total. The average Bonchev–Trinajstić information content (AvgIpc) is 4.25. The molecular formula is C57H56Cl4N12O8. The van der Waals surface area contributed by atoms with Crippen molar-refractivity contribution >= 4 is 103 Å². The fourth-order valence-corrected chi connectivity index (χ4v) is 8.76. The maximum Gasteiger partial charge on any atom is 0.345 e. The smallest absolute Gasteiger partial charge is 0.345 e. The molecule has 0 radical (unpaired) electrons. The number of aromatic amines is 1. The third-order valence-corrected chi connectivity index (χ3v) is 12.8. The number of carbonyl (C=O) groups excluding carboxylic acids is 3. The summed E-state index contributed by atoms with van der Waals surface area (Å²) < 4.78 is 28.4. The number of aryl methyl sites for hydroxylation is 2. The molecule has 420 valence electrons. The molecule has 10 rings (SSSR count). The van der Waals surface area contributed by atoms with Crippen LogP contribution in [0, 0.1) is 13.8 Å². The number of methoxy groups -OCH3 is 3. The van der Waals surface area contributed by atoms with Gasteiger partial charge in [-0.3, -0.25) is 29.1 Å². The van der Waals surface area contributed by atoms with E-state index in [1.54, 1.807) is 60.3 Å². The summed E-state index contributed by atoms with van der Waals surface area (Å²) in [5, 5.41) is 22.5. The highest BCUT2D eigenvalue weighted by atomic mass is 35.5. The SMILES string of the molecule is CCOC(=O)c1cn(Cc2ccc3ncc(Cl)cc3c2)nc1OC.CCOC(=O)c1cn[nH]c1OC.COc1nn(Cc2ccc3ncc(Cl)cc3c2)cc1C(=O)NCc1c(C)cc(N)nc1C.ClCc1ccc2ncc(Cl)cc2c1. The van der Waals surface area contributed by atoms with Crippen LogP contribution < -0.4 is 25.3 Å². The predicted octanol–water partition coefficient (Wildman–Crippen LogP) is 11.2. The second-order valence-electron chi connectivity index (χ2n) is 17.5. The molecule has 0 atom stereocenters. The first-order chi connectivity index (χ1) is 39.0. The Hall–Kier alpha value is -8.56. The zero-order valence-corrected chi connectivity index (χ0v) is 48.1. The summed E-state index contributed by atoms with van der Waals surface area (Å²) in [5.41, 5.74) is 15.2. The Bertz CT molecular complexity index is 3810. The minimum atomic E-state index is -0.449. The number of pyridine rings is 4. The summed E-state index contributed by atoms with van der Waals surface area (Å²) in [4.78, 5) is 52.9. The quantitative estimate of drug-likeness (QED) is 0.0637. The van der Waals surface area contributed by atoms with Gasteiger partial charge in [0.05, 0.1) is 85.4 Å². The molecule has 0 aliphatic heterocycles. The van der Waals surface area contributed by atoms with E-state index in [-0.39, 0.29) is 17.7 Å². The van der Waals surface area contributed by atoms with E-state index in [1.165, 1.54) is 27.5 Å². The molecule has 10 aromatic rings. The van der Waals surface area contributed by atoms with Gasteiger partial charge in [-0.15, -0.1) is 21.8 Å². The monoisotopic (exact) mass is 1180 g/mol. The van der Waals surface area contributed by atoms with E-state index < -0.39 is 11.9 Å².